The van der Waals surface area contributed by atoms with Gasteiger partial charge in [-0.05, 0) is 59.7 Å². The Labute approximate surface area is 157 Å². The van der Waals surface area contributed by atoms with E-state index in [1.54, 1.807) is 38.5 Å². The molecule has 2 aromatic rings. The number of ether oxygens (including phenoxy) is 2. The first-order chi connectivity index (χ1) is 12.5. The zero-order chi connectivity index (χ0) is 18.7. The van der Waals surface area contributed by atoms with Gasteiger partial charge in [-0.3, -0.25) is 4.79 Å². The van der Waals surface area contributed by atoms with Gasteiger partial charge in [0.1, 0.15) is 0 Å². The molecule has 0 saturated heterocycles. The summed E-state index contributed by atoms with van der Waals surface area (Å²) < 4.78 is 10.7. The number of methoxy groups -OCH3 is 2. The van der Waals surface area contributed by atoms with Crippen LogP contribution in [0.4, 0.5) is 0 Å². The third kappa shape index (κ3) is 3.94. The summed E-state index contributed by atoms with van der Waals surface area (Å²) in [6.07, 6.45) is 0.476. The molecule has 0 unspecified atom stereocenters. The summed E-state index contributed by atoms with van der Waals surface area (Å²) >= 11 is 5.91. The lowest BCUT2D eigenvalue weighted by Gasteiger charge is -2.14. The van der Waals surface area contributed by atoms with Crippen molar-refractivity contribution in [1.82, 2.24) is 5.32 Å². The Morgan fingerprint density at radius 3 is 2.35 bits per heavy atom. The summed E-state index contributed by atoms with van der Waals surface area (Å²) in [7, 11) is 3.24. The number of aliphatic hydroxyl groups excluding tert-OH is 1. The number of rotatable bonds is 6. The monoisotopic (exact) mass is 375 g/mol. The van der Waals surface area contributed by atoms with Gasteiger partial charge in [0.15, 0.2) is 17.6 Å². The van der Waals surface area contributed by atoms with Gasteiger partial charge in [0.25, 0.3) is 5.91 Å². The Kier molecular flexibility index (Phi) is 5.69. The minimum absolute atomic E-state index is 0.275. The number of benzene rings is 2. The summed E-state index contributed by atoms with van der Waals surface area (Å²) in [4.78, 5) is 12.2. The van der Waals surface area contributed by atoms with E-state index in [1.807, 2.05) is 12.1 Å². The van der Waals surface area contributed by atoms with E-state index in [0.717, 1.165) is 12.8 Å². The highest BCUT2D eigenvalue weighted by atomic mass is 35.5. The highest BCUT2D eigenvalue weighted by molar-refractivity contribution is 6.30. The van der Waals surface area contributed by atoms with Gasteiger partial charge >= 0.3 is 0 Å². The Morgan fingerprint density at radius 2 is 1.81 bits per heavy atom. The molecule has 0 saturated carbocycles. The fraction of sp³-hybridized carbons (Fsp3) is 0.350. The van der Waals surface area contributed by atoms with Crippen LogP contribution in [-0.2, 0) is 17.6 Å². The molecule has 0 heterocycles. The average Bonchev–Trinajstić information content (AvgIpc) is 3.05. The molecule has 5 nitrogen and oxygen atoms in total. The van der Waals surface area contributed by atoms with Gasteiger partial charge in [0, 0.05) is 11.6 Å². The number of carbonyl (C=O) groups is 1. The van der Waals surface area contributed by atoms with E-state index in [1.165, 1.54) is 11.1 Å². The van der Waals surface area contributed by atoms with Gasteiger partial charge in [-0.1, -0.05) is 23.7 Å². The quantitative estimate of drug-likeness (QED) is 0.814. The van der Waals surface area contributed by atoms with Gasteiger partial charge in [-0.25, -0.2) is 0 Å². The van der Waals surface area contributed by atoms with Gasteiger partial charge in [0.2, 0.25) is 0 Å². The largest absolute Gasteiger partial charge is 0.493 e. The number of nitrogens with one attached hydrogen (secondary N) is 1. The topological polar surface area (TPSA) is 67.8 Å². The van der Waals surface area contributed by atoms with Gasteiger partial charge in [-0.15, -0.1) is 0 Å². The zero-order valence-corrected chi connectivity index (χ0v) is 15.5. The molecule has 0 aromatic heterocycles. The smallest absolute Gasteiger partial charge is 0.253 e. The highest BCUT2D eigenvalue weighted by Crippen LogP contribution is 2.36. The van der Waals surface area contributed by atoms with Crippen molar-refractivity contribution in [3.63, 3.8) is 0 Å². The molecular weight excluding hydrogens is 354 g/mol. The summed E-state index contributed by atoms with van der Waals surface area (Å²) in [6.45, 7) is 0.496. The molecule has 6 heteroatoms. The lowest BCUT2D eigenvalue weighted by molar-refractivity contribution is -0.129. The number of hydrogen-bond acceptors (Lipinski definition) is 4. The van der Waals surface area contributed by atoms with Gasteiger partial charge < -0.3 is 19.9 Å². The van der Waals surface area contributed by atoms with E-state index in [4.69, 9.17) is 21.1 Å². The van der Waals surface area contributed by atoms with Crippen molar-refractivity contribution in [1.29, 1.82) is 0 Å². The SMILES string of the molecule is COc1cc2c(cc1OC)CC(CNC(=O)[C@H](O)c1cccc(Cl)c1)C2. The second-order valence-electron chi connectivity index (χ2n) is 6.45. The first-order valence-electron chi connectivity index (χ1n) is 8.46. The third-order valence-electron chi connectivity index (χ3n) is 4.70. The minimum atomic E-state index is -1.22. The van der Waals surface area contributed by atoms with E-state index in [9.17, 15) is 9.90 Å². The average molecular weight is 376 g/mol. The Hall–Kier alpha value is -2.24. The van der Waals surface area contributed by atoms with Crippen LogP contribution in [0, 0.1) is 5.92 Å². The van der Waals surface area contributed by atoms with Crippen molar-refractivity contribution >= 4 is 17.5 Å². The molecule has 0 spiro atoms. The number of amides is 1. The third-order valence-corrected chi connectivity index (χ3v) is 4.94. The normalized spacial score (nSPS) is 14.6. The fourth-order valence-electron chi connectivity index (χ4n) is 3.35. The maximum atomic E-state index is 12.2. The predicted molar refractivity (Wildman–Crippen MR) is 99.9 cm³/mol. The molecule has 0 radical (unpaired) electrons. The molecule has 1 aliphatic rings. The Bertz CT molecular complexity index is 775. The molecule has 3 rings (SSSR count). The molecule has 0 fully saturated rings. The molecule has 138 valence electrons. The standard InChI is InChI=1S/C20H22ClNO4/c1-25-17-9-14-6-12(7-15(14)10-18(17)26-2)11-22-20(24)19(23)13-4-3-5-16(21)8-13/h3-5,8-10,12,19,23H,6-7,11H2,1-2H3,(H,22,24)/t19-/m1/s1. The second kappa shape index (κ2) is 7.98. The summed E-state index contributed by atoms with van der Waals surface area (Å²) in [6, 6.07) is 10.7. The molecule has 26 heavy (non-hydrogen) atoms. The molecule has 1 atom stereocenters. The van der Waals surface area contributed by atoms with E-state index in [2.05, 4.69) is 5.32 Å². The molecule has 1 amide bonds. The number of halogens is 1. The van der Waals surface area contributed by atoms with Crippen LogP contribution in [-0.4, -0.2) is 31.8 Å². The van der Waals surface area contributed by atoms with E-state index < -0.39 is 12.0 Å². The molecule has 2 aromatic carbocycles. The van der Waals surface area contributed by atoms with Crippen LogP contribution in [0.25, 0.3) is 0 Å². The van der Waals surface area contributed by atoms with E-state index in [0.29, 0.717) is 28.6 Å². The molecule has 0 aliphatic heterocycles. The highest BCUT2D eigenvalue weighted by Gasteiger charge is 2.25. The molecular formula is C20H22ClNO4. The summed E-state index contributed by atoms with van der Waals surface area (Å²) in [5, 5.41) is 13.5. The van der Waals surface area contributed by atoms with E-state index >= 15 is 0 Å². The van der Waals surface area contributed by atoms with Gasteiger partial charge in [-0.2, -0.15) is 0 Å². The number of aliphatic hydroxyl groups is 1. The Balaban J connectivity index is 1.59. The zero-order valence-electron chi connectivity index (χ0n) is 14.8. The van der Waals surface area contributed by atoms with E-state index in [-0.39, 0.29) is 5.92 Å². The lowest BCUT2D eigenvalue weighted by Crippen LogP contribution is -2.33. The van der Waals surface area contributed by atoms with Crippen LogP contribution in [0.3, 0.4) is 0 Å². The van der Waals surface area contributed by atoms with Crippen LogP contribution < -0.4 is 14.8 Å². The van der Waals surface area contributed by atoms with Crippen molar-refractivity contribution in [3.05, 3.63) is 58.1 Å². The lowest BCUT2D eigenvalue weighted by atomic mass is 10.1. The number of fused-ring (bicyclic) bond motifs is 1. The van der Waals surface area contributed by atoms with Crippen LogP contribution in [0.5, 0.6) is 11.5 Å². The second-order valence-corrected chi connectivity index (χ2v) is 6.89. The first kappa shape index (κ1) is 18.5. The fourth-order valence-corrected chi connectivity index (χ4v) is 3.55. The van der Waals surface area contributed by atoms with Crippen molar-refractivity contribution in [2.45, 2.75) is 18.9 Å². The van der Waals surface area contributed by atoms with Crippen LogP contribution in [0.2, 0.25) is 5.02 Å². The maximum Gasteiger partial charge on any atom is 0.253 e. The van der Waals surface area contributed by atoms with Crippen molar-refractivity contribution in [2.75, 3.05) is 20.8 Å². The van der Waals surface area contributed by atoms with Crippen molar-refractivity contribution < 1.29 is 19.4 Å². The molecule has 1 aliphatic carbocycles. The maximum absolute atomic E-state index is 12.2. The molecule has 2 N–H and O–H groups in total. The van der Waals surface area contributed by atoms with Crippen molar-refractivity contribution in [2.24, 2.45) is 5.92 Å². The van der Waals surface area contributed by atoms with Crippen molar-refractivity contribution in [3.8, 4) is 11.5 Å². The number of carbonyl (C=O) groups excluding carboxylic acids is 1. The minimum Gasteiger partial charge on any atom is -0.493 e. The van der Waals surface area contributed by atoms with Gasteiger partial charge in [0.05, 0.1) is 14.2 Å². The predicted octanol–water partition coefficient (Wildman–Crippen LogP) is 2.92. The summed E-state index contributed by atoms with van der Waals surface area (Å²) in [5.74, 6) is 1.29. The van der Waals surface area contributed by atoms with Crippen LogP contribution in [0.1, 0.15) is 22.8 Å². The van der Waals surface area contributed by atoms with Crippen LogP contribution in [0.15, 0.2) is 36.4 Å². The molecule has 0 bridgehead atoms. The van der Waals surface area contributed by atoms with Crippen LogP contribution >= 0.6 is 11.6 Å². The Morgan fingerprint density at radius 1 is 1.19 bits per heavy atom. The number of hydrogen-bond donors (Lipinski definition) is 2. The summed E-state index contributed by atoms with van der Waals surface area (Å²) in [5.41, 5.74) is 2.90. The first-order valence-corrected chi connectivity index (χ1v) is 8.84.